The molecule has 0 bridgehead atoms. The van der Waals surface area contributed by atoms with E-state index in [1.807, 2.05) is 55.5 Å². The molecule has 4 rings (SSSR count). The maximum atomic E-state index is 12.6. The summed E-state index contributed by atoms with van der Waals surface area (Å²) in [7, 11) is 0. The van der Waals surface area contributed by atoms with Gasteiger partial charge >= 0.3 is 0 Å². The number of Topliss-reactive ketones (excluding diaryl/α,β-unsaturated/α-hetero) is 1. The van der Waals surface area contributed by atoms with Crippen LogP contribution in [0.4, 0.5) is 0 Å². The van der Waals surface area contributed by atoms with E-state index in [9.17, 15) is 4.79 Å². The van der Waals surface area contributed by atoms with Crippen molar-refractivity contribution in [1.82, 2.24) is 0 Å². The Kier molecular flexibility index (Phi) is 4.82. The molecule has 0 N–H and O–H groups in total. The van der Waals surface area contributed by atoms with Gasteiger partial charge in [0.15, 0.2) is 5.76 Å². The van der Waals surface area contributed by atoms with Crippen molar-refractivity contribution < 1.29 is 14.3 Å². The number of carbonyl (C=O) groups excluding carboxylic acids is 1. The Morgan fingerprint density at radius 2 is 1.85 bits per heavy atom. The molecule has 27 heavy (non-hydrogen) atoms. The summed E-state index contributed by atoms with van der Waals surface area (Å²) in [6.45, 7) is 2.47. The molecule has 0 saturated carbocycles. The molecule has 0 spiro atoms. The highest BCUT2D eigenvalue weighted by Gasteiger charge is 2.27. The third-order valence-corrected chi connectivity index (χ3v) is 4.83. The van der Waals surface area contributed by atoms with Crippen LogP contribution in [0.5, 0.6) is 11.5 Å². The summed E-state index contributed by atoms with van der Waals surface area (Å²) in [5, 5.41) is 0. The van der Waals surface area contributed by atoms with E-state index in [0.29, 0.717) is 29.4 Å². The Bertz CT molecular complexity index is 1040. The molecular formula is C23H17BrO3. The Hall–Kier alpha value is -2.85. The molecule has 4 heteroatoms. The highest BCUT2D eigenvalue weighted by atomic mass is 79.9. The fraction of sp³-hybridized carbons (Fsp3) is 0.0870. The van der Waals surface area contributed by atoms with Gasteiger partial charge in [0.2, 0.25) is 5.78 Å². The Balaban J connectivity index is 1.51. The molecule has 0 radical (unpaired) electrons. The van der Waals surface area contributed by atoms with Crippen LogP contribution in [0.3, 0.4) is 0 Å². The first kappa shape index (κ1) is 17.6. The average molecular weight is 421 g/mol. The molecule has 1 aliphatic rings. The quantitative estimate of drug-likeness (QED) is 0.488. The van der Waals surface area contributed by atoms with Crippen molar-refractivity contribution in [2.75, 3.05) is 0 Å². The molecule has 0 atom stereocenters. The van der Waals surface area contributed by atoms with Crippen LogP contribution in [-0.2, 0) is 6.61 Å². The summed E-state index contributed by atoms with van der Waals surface area (Å²) < 4.78 is 12.7. The lowest BCUT2D eigenvalue weighted by atomic mass is 10.1. The number of hydrogen-bond donors (Lipinski definition) is 0. The highest BCUT2D eigenvalue weighted by Crippen LogP contribution is 2.35. The molecule has 1 aliphatic heterocycles. The zero-order valence-corrected chi connectivity index (χ0v) is 16.3. The molecule has 0 unspecified atom stereocenters. The van der Waals surface area contributed by atoms with Crippen molar-refractivity contribution in [1.29, 1.82) is 0 Å². The van der Waals surface area contributed by atoms with Crippen LogP contribution in [0.1, 0.15) is 27.0 Å². The minimum absolute atomic E-state index is 0.106. The highest BCUT2D eigenvalue weighted by molar-refractivity contribution is 9.10. The van der Waals surface area contributed by atoms with Gasteiger partial charge in [0.25, 0.3) is 0 Å². The van der Waals surface area contributed by atoms with Gasteiger partial charge < -0.3 is 9.47 Å². The zero-order valence-electron chi connectivity index (χ0n) is 14.7. The smallest absolute Gasteiger partial charge is 0.231 e. The molecule has 134 valence electrons. The van der Waals surface area contributed by atoms with Gasteiger partial charge in [0.1, 0.15) is 18.1 Å². The number of halogens is 1. The fourth-order valence-corrected chi connectivity index (χ4v) is 3.18. The number of ether oxygens (including phenoxy) is 2. The lowest BCUT2D eigenvalue weighted by Gasteiger charge is -2.07. The third-order valence-electron chi connectivity index (χ3n) is 4.30. The normalized spacial score (nSPS) is 14.1. The first-order chi connectivity index (χ1) is 13.1. The van der Waals surface area contributed by atoms with Gasteiger partial charge in [0, 0.05) is 10.5 Å². The number of rotatable bonds is 4. The van der Waals surface area contributed by atoms with E-state index in [2.05, 4.69) is 15.9 Å². The summed E-state index contributed by atoms with van der Waals surface area (Å²) in [6, 6.07) is 21.2. The van der Waals surface area contributed by atoms with Gasteiger partial charge in [-0.15, -0.1) is 0 Å². The van der Waals surface area contributed by atoms with Crippen molar-refractivity contribution in [2.45, 2.75) is 13.5 Å². The molecule has 3 nitrogen and oxygen atoms in total. The second-order valence-corrected chi connectivity index (χ2v) is 7.34. The second kappa shape index (κ2) is 7.41. The maximum Gasteiger partial charge on any atom is 0.231 e. The van der Waals surface area contributed by atoms with E-state index in [4.69, 9.17) is 9.47 Å². The maximum absolute atomic E-state index is 12.6. The zero-order chi connectivity index (χ0) is 18.8. The largest absolute Gasteiger partial charge is 0.489 e. The molecule has 3 aromatic carbocycles. The number of hydrogen-bond acceptors (Lipinski definition) is 3. The second-order valence-electron chi connectivity index (χ2n) is 6.43. The number of benzene rings is 3. The van der Waals surface area contributed by atoms with Crippen LogP contribution in [-0.4, -0.2) is 5.78 Å². The Morgan fingerprint density at radius 3 is 2.63 bits per heavy atom. The van der Waals surface area contributed by atoms with Crippen LogP contribution in [0.25, 0.3) is 6.08 Å². The van der Waals surface area contributed by atoms with Crippen molar-refractivity contribution in [3.63, 3.8) is 0 Å². The van der Waals surface area contributed by atoms with Crippen LogP contribution in [0.2, 0.25) is 0 Å². The van der Waals surface area contributed by atoms with Crippen molar-refractivity contribution in [3.8, 4) is 11.5 Å². The van der Waals surface area contributed by atoms with Gasteiger partial charge in [-0.1, -0.05) is 57.9 Å². The number of allylic oxidation sites excluding steroid dienone is 1. The van der Waals surface area contributed by atoms with Crippen LogP contribution in [0.15, 0.2) is 77.0 Å². The number of fused-ring (bicyclic) bond motifs is 1. The number of aryl methyl sites for hydroxylation is 1. The third kappa shape index (κ3) is 3.96. The summed E-state index contributed by atoms with van der Waals surface area (Å²) in [6.07, 6.45) is 1.78. The molecule has 0 aromatic heterocycles. The molecule has 3 aromatic rings. The van der Waals surface area contributed by atoms with E-state index in [1.54, 1.807) is 24.3 Å². The summed E-state index contributed by atoms with van der Waals surface area (Å²) in [4.78, 5) is 12.6. The number of carbonyl (C=O) groups is 1. The van der Waals surface area contributed by atoms with E-state index < -0.39 is 0 Å². The van der Waals surface area contributed by atoms with E-state index in [1.165, 1.54) is 0 Å². The molecule has 0 amide bonds. The SMILES string of the molecule is Cc1cccc(C=C2Oc3cc(OCc4ccc(Br)cc4)ccc3C2=O)c1. The minimum atomic E-state index is -0.106. The predicted molar refractivity (Wildman–Crippen MR) is 109 cm³/mol. The molecule has 1 heterocycles. The minimum Gasteiger partial charge on any atom is -0.489 e. The standard InChI is InChI=1S/C23H17BrO3/c1-15-3-2-4-17(11-15)12-22-23(25)20-10-9-19(13-21(20)27-22)26-14-16-5-7-18(24)8-6-16/h2-13H,14H2,1H3. The first-order valence-corrected chi connectivity index (χ1v) is 9.40. The molecule has 0 saturated heterocycles. The lowest BCUT2D eigenvalue weighted by Crippen LogP contribution is -1.98. The van der Waals surface area contributed by atoms with Crippen molar-refractivity contribution in [3.05, 3.63) is 99.2 Å². The summed E-state index contributed by atoms with van der Waals surface area (Å²) in [5.41, 5.74) is 3.70. The predicted octanol–water partition coefficient (Wildman–Crippen LogP) is 5.95. The van der Waals surface area contributed by atoms with Crippen LogP contribution in [0, 0.1) is 6.92 Å². The van der Waals surface area contributed by atoms with Gasteiger partial charge in [-0.2, -0.15) is 0 Å². The van der Waals surface area contributed by atoms with E-state index in [0.717, 1.165) is 21.2 Å². The monoisotopic (exact) mass is 420 g/mol. The average Bonchev–Trinajstić information content (AvgIpc) is 2.96. The van der Waals surface area contributed by atoms with Crippen molar-refractivity contribution in [2.24, 2.45) is 0 Å². The van der Waals surface area contributed by atoms with Gasteiger partial charge in [-0.3, -0.25) is 4.79 Å². The van der Waals surface area contributed by atoms with Gasteiger partial charge in [-0.25, -0.2) is 0 Å². The first-order valence-electron chi connectivity index (χ1n) is 8.61. The Morgan fingerprint density at radius 1 is 1.04 bits per heavy atom. The van der Waals surface area contributed by atoms with Gasteiger partial charge in [-0.05, 0) is 48.4 Å². The Labute approximate surface area is 166 Å². The van der Waals surface area contributed by atoms with Gasteiger partial charge in [0.05, 0.1) is 5.56 Å². The summed E-state index contributed by atoms with van der Waals surface area (Å²) >= 11 is 3.42. The molecule has 0 fully saturated rings. The van der Waals surface area contributed by atoms with E-state index in [-0.39, 0.29) is 5.78 Å². The lowest BCUT2D eigenvalue weighted by molar-refractivity contribution is 0.101. The topological polar surface area (TPSA) is 35.5 Å². The summed E-state index contributed by atoms with van der Waals surface area (Å²) in [5.74, 6) is 1.43. The van der Waals surface area contributed by atoms with Crippen molar-refractivity contribution >= 4 is 27.8 Å². The molecule has 0 aliphatic carbocycles. The fourth-order valence-electron chi connectivity index (χ4n) is 2.92. The number of ketones is 1. The van der Waals surface area contributed by atoms with Crippen LogP contribution < -0.4 is 9.47 Å². The van der Waals surface area contributed by atoms with E-state index >= 15 is 0 Å². The van der Waals surface area contributed by atoms with Crippen LogP contribution >= 0.6 is 15.9 Å². The molecular weight excluding hydrogens is 404 g/mol.